The fraction of sp³-hybridized carbons (Fsp3) is 0.542. The maximum atomic E-state index is 11.8. The van der Waals surface area contributed by atoms with E-state index in [-0.39, 0.29) is 30.5 Å². The van der Waals surface area contributed by atoms with Crippen molar-refractivity contribution >= 4 is 23.5 Å². The first kappa shape index (κ1) is 27.4. The van der Waals surface area contributed by atoms with Gasteiger partial charge in [-0.2, -0.15) is 0 Å². The average Bonchev–Trinajstić information content (AvgIpc) is 2.71. The molecular formula is C24H37NO5. The van der Waals surface area contributed by atoms with Crippen molar-refractivity contribution in [1.29, 1.82) is 0 Å². The molecule has 6 heteroatoms. The van der Waals surface area contributed by atoms with Crippen LogP contribution in [0, 0.1) is 10.8 Å². The second-order valence-corrected chi connectivity index (χ2v) is 8.35. The van der Waals surface area contributed by atoms with Crippen molar-refractivity contribution in [2.24, 2.45) is 10.8 Å². The van der Waals surface area contributed by atoms with Gasteiger partial charge in [0, 0.05) is 16.7 Å². The first-order valence-corrected chi connectivity index (χ1v) is 10.2. The number of nitrogens with one attached hydrogen (secondary N) is 1. The summed E-state index contributed by atoms with van der Waals surface area (Å²) in [6.07, 6.45) is 1.54. The molecular weight excluding hydrogens is 382 g/mol. The highest BCUT2D eigenvalue weighted by molar-refractivity contribution is 5.94. The topological polar surface area (TPSA) is 81.7 Å². The van der Waals surface area contributed by atoms with Crippen LogP contribution in [0.25, 0.3) is 0 Å². The van der Waals surface area contributed by atoms with Crippen LogP contribution >= 0.6 is 0 Å². The monoisotopic (exact) mass is 419 g/mol. The number of amides is 1. The molecule has 0 bridgehead atoms. The Morgan fingerprint density at radius 3 is 1.87 bits per heavy atom. The Hall–Kier alpha value is -2.63. The lowest BCUT2D eigenvalue weighted by Crippen LogP contribution is -2.29. The number of carbonyl (C=O) groups excluding carboxylic acids is 3. The summed E-state index contributed by atoms with van der Waals surface area (Å²) in [6, 6.07) is 9.54. The zero-order valence-corrected chi connectivity index (χ0v) is 19.5. The number of benzene rings is 1. The minimum atomic E-state index is -0.488. The Bertz CT molecular complexity index is 708. The van der Waals surface area contributed by atoms with Gasteiger partial charge in [0.05, 0.1) is 5.41 Å². The van der Waals surface area contributed by atoms with E-state index >= 15 is 0 Å². The van der Waals surface area contributed by atoms with E-state index in [0.29, 0.717) is 12.0 Å². The highest BCUT2D eigenvalue weighted by atomic mass is 16.6. The lowest BCUT2D eigenvalue weighted by molar-refractivity contribution is -0.158. The average molecular weight is 420 g/mol. The molecule has 0 aliphatic carbocycles. The molecule has 1 amide bonds. The second kappa shape index (κ2) is 12.8. The van der Waals surface area contributed by atoms with Gasteiger partial charge < -0.3 is 14.8 Å². The molecule has 0 aliphatic rings. The van der Waals surface area contributed by atoms with Gasteiger partial charge in [-0.3, -0.25) is 9.59 Å². The van der Waals surface area contributed by atoms with Gasteiger partial charge in [0.25, 0.3) is 0 Å². The van der Waals surface area contributed by atoms with E-state index in [1.807, 2.05) is 71.9 Å². The van der Waals surface area contributed by atoms with Crippen LogP contribution in [0.2, 0.25) is 0 Å². The third kappa shape index (κ3) is 10.2. The van der Waals surface area contributed by atoms with Crippen LogP contribution in [0.3, 0.4) is 0 Å². The van der Waals surface area contributed by atoms with Crippen molar-refractivity contribution in [2.45, 2.75) is 61.3 Å². The predicted octanol–water partition coefficient (Wildman–Crippen LogP) is 5.15. The van der Waals surface area contributed by atoms with E-state index in [1.165, 1.54) is 0 Å². The van der Waals surface area contributed by atoms with Gasteiger partial charge in [-0.15, -0.1) is 0 Å². The molecule has 0 unspecified atom stereocenters. The van der Waals surface area contributed by atoms with Crippen molar-refractivity contribution in [2.75, 3.05) is 18.5 Å². The molecule has 0 spiro atoms. The third-order valence-electron chi connectivity index (χ3n) is 4.86. The molecule has 1 aromatic rings. The van der Waals surface area contributed by atoms with Crippen LogP contribution in [0.1, 0.15) is 61.3 Å². The molecule has 1 aromatic carbocycles. The summed E-state index contributed by atoms with van der Waals surface area (Å²) in [4.78, 5) is 34.2. The summed E-state index contributed by atoms with van der Waals surface area (Å²) in [5, 5.41) is 2.89. The van der Waals surface area contributed by atoms with Crippen LogP contribution in [0.5, 0.6) is 0 Å². The highest BCUT2D eigenvalue weighted by Crippen LogP contribution is 2.22. The summed E-state index contributed by atoms with van der Waals surface area (Å²) in [7, 11) is 0. The molecule has 0 saturated heterocycles. The first-order chi connectivity index (χ1) is 13.9. The van der Waals surface area contributed by atoms with Gasteiger partial charge in [0.15, 0.2) is 0 Å². The van der Waals surface area contributed by atoms with Crippen LogP contribution in [0.15, 0.2) is 42.5 Å². The maximum absolute atomic E-state index is 11.8. The second-order valence-electron chi connectivity index (χ2n) is 8.35. The Balaban J connectivity index is 0.000000564. The molecule has 0 heterocycles. The summed E-state index contributed by atoms with van der Waals surface area (Å²) < 4.78 is 9.77. The van der Waals surface area contributed by atoms with Crippen molar-refractivity contribution in [3.8, 4) is 0 Å². The molecule has 0 aliphatic heterocycles. The number of ether oxygens (including phenoxy) is 2. The SMILES string of the molecule is C=C(C)C(=O)OCCOC(=O)C(C)(C)CC.CCC(C)(C)C(=O)Nc1ccccc1. The van der Waals surface area contributed by atoms with Gasteiger partial charge in [-0.05, 0) is 45.7 Å². The van der Waals surface area contributed by atoms with E-state index in [2.05, 4.69) is 11.9 Å². The van der Waals surface area contributed by atoms with Gasteiger partial charge in [-0.25, -0.2) is 4.79 Å². The minimum Gasteiger partial charge on any atom is -0.462 e. The fourth-order valence-electron chi connectivity index (χ4n) is 1.71. The number of hydrogen-bond donors (Lipinski definition) is 1. The number of esters is 2. The summed E-state index contributed by atoms with van der Waals surface area (Å²) in [6.45, 7) is 16.6. The molecule has 6 nitrogen and oxygen atoms in total. The largest absolute Gasteiger partial charge is 0.462 e. The van der Waals surface area contributed by atoms with E-state index in [4.69, 9.17) is 9.47 Å². The Morgan fingerprint density at radius 1 is 0.900 bits per heavy atom. The van der Waals surface area contributed by atoms with Crippen LogP contribution in [-0.4, -0.2) is 31.1 Å². The van der Waals surface area contributed by atoms with Crippen LogP contribution in [0.4, 0.5) is 5.69 Å². The van der Waals surface area contributed by atoms with E-state index in [9.17, 15) is 14.4 Å². The Kier molecular flexibility index (Phi) is 11.7. The summed E-state index contributed by atoms with van der Waals surface area (Å²) in [5.74, 6) is -0.668. The maximum Gasteiger partial charge on any atom is 0.333 e. The normalized spacial score (nSPS) is 10.9. The zero-order valence-electron chi connectivity index (χ0n) is 19.5. The molecule has 0 fully saturated rings. The van der Waals surface area contributed by atoms with Crippen molar-refractivity contribution in [3.63, 3.8) is 0 Å². The summed E-state index contributed by atoms with van der Waals surface area (Å²) in [5.41, 5.74) is 0.410. The molecule has 30 heavy (non-hydrogen) atoms. The quantitative estimate of drug-likeness (QED) is 0.340. The lowest BCUT2D eigenvalue weighted by Gasteiger charge is -2.21. The number of carbonyl (C=O) groups is 3. The van der Waals surface area contributed by atoms with Crippen molar-refractivity contribution < 1.29 is 23.9 Å². The number of rotatable bonds is 9. The van der Waals surface area contributed by atoms with E-state index in [1.54, 1.807) is 6.92 Å². The van der Waals surface area contributed by atoms with Crippen LogP contribution < -0.4 is 5.32 Å². The van der Waals surface area contributed by atoms with Gasteiger partial charge in [0.1, 0.15) is 13.2 Å². The zero-order chi connectivity index (χ0) is 23.4. The van der Waals surface area contributed by atoms with E-state index in [0.717, 1.165) is 12.1 Å². The molecule has 1 N–H and O–H groups in total. The Morgan fingerprint density at radius 2 is 1.40 bits per heavy atom. The molecule has 0 atom stereocenters. The number of anilines is 1. The molecule has 0 saturated carbocycles. The third-order valence-corrected chi connectivity index (χ3v) is 4.86. The summed E-state index contributed by atoms with van der Waals surface area (Å²) >= 11 is 0. The van der Waals surface area contributed by atoms with Crippen LogP contribution in [-0.2, 0) is 23.9 Å². The standard InChI is InChI=1S/C12H17NO.C12H20O4/c1-4-12(2,3)11(14)13-10-8-6-5-7-9-10;1-6-12(4,5)11(14)16-8-7-15-10(13)9(2)3/h5-9H,4H2,1-3H3,(H,13,14);2,6-8H2,1,3-5H3. The number of para-hydroxylation sites is 1. The molecule has 0 aromatic heterocycles. The fourth-order valence-corrected chi connectivity index (χ4v) is 1.71. The molecule has 1 rings (SSSR count). The molecule has 0 radical (unpaired) electrons. The highest BCUT2D eigenvalue weighted by Gasteiger charge is 2.27. The van der Waals surface area contributed by atoms with Crippen molar-refractivity contribution in [1.82, 2.24) is 0 Å². The smallest absolute Gasteiger partial charge is 0.333 e. The van der Waals surface area contributed by atoms with Gasteiger partial charge in [0.2, 0.25) is 5.91 Å². The predicted molar refractivity (Wildman–Crippen MR) is 120 cm³/mol. The first-order valence-electron chi connectivity index (χ1n) is 10.2. The molecule has 168 valence electrons. The lowest BCUT2D eigenvalue weighted by atomic mass is 9.89. The van der Waals surface area contributed by atoms with Gasteiger partial charge in [-0.1, -0.05) is 52.5 Å². The van der Waals surface area contributed by atoms with E-state index < -0.39 is 11.4 Å². The van der Waals surface area contributed by atoms with Crippen molar-refractivity contribution in [3.05, 3.63) is 42.5 Å². The van der Waals surface area contributed by atoms with Gasteiger partial charge >= 0.3 is 11.9 Å². The minimum absolute atomic E-state index is 0.0667. The Labute approximate surface area is 181 Å². The number of hydrogen-bond acceptors (Lipinski definition) is 5.